The number of esters is 2. The van der Waals surface area contributed by atoms with Gasteiger partial charge in [-0.05, 0) is 104 Å². The number of hydrogen-bond donors (Lipinski definition) is 2. The number of rotatable bonds is 3. The van der Waals surface area contributed by atoms with Gasteiger partial charge in [0.1, 0.15) is 17.5 Å². The van der Waals surface area contributed by atoms with Crippen molar-refractivity contribution in [3.63, 3.8) is 0 Å². The predicted molar refractivity (Wildman–Crippen MR) is 200 cm³/mol. The van der Waals surface area contributed by atoms with E-state index in [2.05, 4.69) is 0 Å². The Morgan fingerprint density at radius 3 is 2.25 bits per heavy atom. The van der Waals surface area contributed by atoms with Crippen molar-refractivity contribution in [3.8, 4) is 0 Å². The molecule has 2 aliphatic heterocycles. The second-order valence-corrected chi connectivity index (χ2v) is 17.1. The highest BCUT2D eigenvalue weighted by molar-refractivity contribution is 6.02. The molecule has 4 aliphatic rings. The van der Waals surface area contributed by atoms with Crippen molar-refractivity contribution in [1.29, 1.82) is 0 Å². The second kappa shape index (κ2) is 16.7. The van der Waals surface area contributed by atoms with Gasteiger partial charge < -0.3 is 24.4 Å². The summed E-state index contributed by atoms with van der Waals surface area (Å²) in [7, 11) is 1.26. The van der Waals surface area contributed by atoms with Crippen LogP contribution in [0.2, 0.25) is 0 Å². The summed E-state index contributed by atoms with van der Waals surface area (Å²) in [6.07, 6.45) is 5.18. The van der Waals surface area contributed by atoms with Gasteiger partial charge in [-0.1, -0.05) is 48.3 Å². The predicted octanol–water partition coefficient (Wildman–Crippen LogP) is 6.66. The Labute approximate surface area is 315 Å². The van der Waals surface area contributed by atoms with Crippen LogP contribution in [-0.4, -0.2) is 76.1 Å². The molecule has 4 rings (SSSR count). The Kier molecular flexibility index (Phi) is 13.4. The molecule has 0 amide bonds. The lowest BCUT2D eigenvalue weighted by atomic mass is 9.53. The smallest absolute Gasteiger partial charge is 0.313 e. The third-order valence-electron chi connectivity index (χ3n) is 12.6. The number of ketones is 3. The highest BCUT2D eigenvalue weighted by Crippen LogP contribution is 2.56. The molecule has 10 nitrogen and oxygen atoms in total. The Morgan fingerprint density at radius 2 is 1.62 bits per heavy atom. The van der Waals surface area contributed by atoms with E-state index in [4.69, 9.17) is 14.2 Å². The summed E-state index contributed by atoms with van der Waals surface area (Å²) in [6.45, 7) is 15.7. The van der Waals surface area contributed by atoms with Gasteiger partial charge in [0, 0.05) is 43.9 Å². The summed E-state index contributed by atoms with van der Waals surface area (Å²) in [5.41, 5.74) is -0.945. The number of hydrogen-bond acceptors (Lipinski definition) is 10. The molecule has 0 aromatic heterocycles. The molecular weight excluding hydrogens is 676 g/mol. The van der Waals surface area contributed by atoms with Gasteiger partial charge in [0.15, 0.2) is 11.6 Å². The average Bonchev–Trinajstić information content (AvgIpc) is 3.06. The minimum atomic E-state index is -1.73. The summed E-state index contributed by atoms with van der Waals surface area (Å²) < 4.78 is 17.9. The van der Waals surface area contributed by atoms with E-state index in [0.717, 1.165) is 16.7 Å². The van der Waals surface area contributed by atoms with Crippen molar-refractivity contribution in [2.75, 3.05) is 7.11 Å². The van der Waals surface area contributed by atoms with Crippen molar-refractivity contribution >= 4 is 29.3 Å². The van der Waals surface area contributed by atoms with E-state index >= 15 is 0 Å². The van der Waals surface area contributed by atoms with E-state index in [1.165, 1.54) is 14.0 Å². The maximum atomic E-state index is 14.8. The number of ether oxygens (including phenoxy) is 3. The van der Waals surface area contributed by atoms with E-state index in [1.807, 2.05) is 46.8 Å². The molecule has 0 unspecified atom stereocenters. The summed E-state index contributed by atoms with van der Waals surface area (Å²) in [5.74, 6) is -4.86. The zero-order valence-electron chi connectivity index (χ0n) is 33.5. The van der Waals surface area contributed by atoms with Crippen LogP contribution in [0.15, 0.2) is 46.1 Å². The first-order chi connectivity index (χ1) is 24.6. The fourth-order valence-electron chi connectivity index (χ4n) is 9.14. The monoisotopic (exact) mass is 738 g/mol. The first kappa shape index (κ1) is 42.5. The maximum absolute atomic E-state index is 14.8. The van der Waals surface area contributed by atoms with Crippen molar-refractivity contribution in [2.45, 2.75) is 156 Å². The van der Waals surface area contributed by atoms with Gasteiger partial charge in [-0.15, -0.1) is 0 Å². The van der Waals surface area contributed by atoms with E-state index in [0.29, 0.717) is 49.7 Å². The van der Waals surface area contributed by atoms with Crippen LogP contribution >= 0.6 is 0 Å². The molecule has 2 aliphatic carbocycles. The number of carbonyl (C=O) groups excluding carboxylic acids is 5. The summed E-state index contributed by atoms with van der Waals surface area (Å²) in [6, 6.07) is 0. The second-order valence-electron chi connectivity index (χ2n) is 17.1. The molecule has 0 aromatic carbocycles. The zero-order valence-corrected chi connectivity index (χ0v) is 33.5. The van der Waals surface area contributed by atoms with Gasteiger partial charge in [0.05, 0.1) is 30.3 Å². The molecule has 0 saturated carbocycles. The summed E-state index contributed by atoms with van der Waals surface area (Å²) in [5, 5.41) is 23.6. The summed E-state index contributed by atoms with van der Waals surface area (Å²) in [4.78, 5) is 70.3. The van der Waals surface area contributed by atoms with Gasteiger partial charge in [-0.25, -0.2) is 0 Å². The lowest BCUT2D eigenvalue weighted by molar-refractivity contribution is -0.239. The molecule has 53 heavy (non-hydrogen) atoms. The molecule has 0 radical (unpaired) electrons. The highest BCUT2D eigenvalue weighted by atomic mass is 16.6. The van der Waals surface area contributed by atoms with Crippen molar-refractivity contribution in [2.24, 2.45) is 29.1 Å². The quantitative estimate of drug-likeness (QED) is 0.238. The standard InChI is InChI=1S/C43H62O10/c1-24(2)30-21-34(45)27(5)13-11-12-25(3)19-35(46)33-20-28(6)31-22-39(52-29(7)44)42(9,50)38-16-17-41(8,49)37(53-38)15-14-26(4)18-32(31)43(33,23-36(30)47)40(48)51-10/h13,18-19,24,30,32-33,37-39,49-50H,11-12,14-17,20-23H2,1-10H3/b25-19?,26-18+,27-13+/t30-,32-,33+,37-,38+,39-,41+,42+,43-/m0/s1. The number of aliphatic hydroxyl groups is 2. The fraction of sp³-hybridized carbons (Fsp3) is 0.698. The largest absolute Gasteiger partial charge is 0.469 e. The van der Waals surface area contributed by atoms with Crippen molar-refractivity contribution in [1.82, 2.24) is 0 Å². The van der Waals surface area contributed by atoms with Crippen molar-refractivity contribution in [3.05, 3.63) is 46.1 Å². The first-order valence-corrected chi connectivity index (χ1v) is 19.3. The number of methoxy groups -OCH3 is 1. The highest BCUT2D eigenvalue weighted by Gasteiger charge is 2.60. The molecule has 0 aromatic rings. The van der Waals surface area contributed by atoms with Gasteiger partial charge in [-0.3, -0.25) is 24.0 Å². The molecule has 9 atom stereocenters. The van der Waals surface area contributed by atoms with Crippen LogP contribution in [0.1, 0.15) is 127 Å². The van der Waals surface area contributed by atoms with Crippen LogP contribution in [0.5, 0.6) is 0 Å². The third kappa shape index (κ3) is 9.03. The molecule has 10 heteroatoms. The van der Waals surface area contributed by atoms with Gasteiger partial charge in [-0.2, -0.15) is 0 Å². The molecule has 2 N–H and O–H groups in total. The Morgan fingerprint density at radius 1 is 0.943 bits per heavy atom. The maximum Gasteiger partial charge on any atom is 0.313 e. The van der Waals surface area contributed by atoms with Crippen LogP contribution in [-0.2, 0) is 38.2 Å². The molecule has 1 saturated heterocycles. The zero-order chi connectivity index (χ0) is 39.6. The first-order valence-electron chi connectivity index (χ1n) is 19.3. The number of carbonyl (C=O) groups is 5. The van der Waals surface area contributed by atoms with Gasteiger partial charge in [0.25, 0.3) is 0 Å². The molecule has 294 valence electrons. The Balaban J connectivity index is 2.05. The molecule has 2 heterocycles. The van der Waals surface area contributed by atoms with E-state index in [-0.39, 0.29) is 49.0 Å². The normalized spacial score (nSPS) is 38.7. The third-order valence-corrected chi connectivity index (χ3v) is 12.6. The minimum absolute atomic E-state index is 0.00736. The Bertz CT molecular complexity index is 1590. The van der Waals surface area contributed by atoms with Gasteiger partial charge in [0.2, 0.25) is 0 Å². The van der Waals surface area contributed by atoms with Gasteiger partial charge >= 0.3 is 11.9 Å². The minimum Gasteiger partial charge on any atom is -0.469 e. The number of Topliss-reactive ketones (excluding diaryl/α,β-unsaturated/α-hetero) is 2. The van der Waals surface area contributed by atoms with Crippen LogP contribution < -0.4 is 0 Å². The lowest BCUT2D eigenvalue weighted by Crippen LogP contribution is -2.59. The van der Waals surface area contributed by atoms with Crippen molar-refractivity contribution < 1.29 is 48.4 Å². The van der Waals surface area contributed by atoms with Crippen LogP contribution in [0.4, 0.5) is 0 Å². The number of fused-ring (bicyclic) bond motifs is 5. The van der Waals surface area contributed by atoms with Crippen LogP contribution in [0, 0.1) is 29.1 Å². The average molecular weight is 739 g/mol. The van der Waals surface area contributed by atoms with E-state index in [1.54, 1.807) is 26.8 Å². The number of allylic oxidation sites excluding steroid dienone is 7. The fourth-order valence-corrected chi connectivity index (χ4v) is 9.14. The Hall–Kier alpha value is -3.21. The molecule has 1 fully saturated rings. The van der Waals surface area contributed by atoms with Crippen LogP contribution in [0.3, 0.4) is 0 Å². The SMILES string of the molecule is COC(=O)[C@]12CC(=O)[C@H](C(C)C)CC(=O)/C(C)=C/CCC(C)=CC(=O)[C@H]1CC(C)=C1C[C@H](OC(C)=O)[C@](C)(O)[C@H]3CC[C@@](C)(O)[C@H](CC/C(C)=C/[C@@H]12)O3. The van der Waals surface area contributed by atoms with Crippen LogP contribution in [0.25, 0.3) is 0 Å². The lowest BCUT2D eigenvalue weighted by Gasteiger charge is -2.50. The van der Waals surface area contributed by atoms with E-state index in [9.17, 15) is 34.2 Å². The summed E-state index contributed by atoms with van der Waals surface area (Å²) >= 11 is 0. The van der Waals surface area contributed by atoms with E-state index < -0.39 is 64.6 Å². The molecule has 2 bridgehead atoms. The molecule has 0 spiro atoms. The molecular formula is C43H62O10. The topological polar surface area (TPSA) is 154 Å².